The van der Waals surface area contributed by atoms with Gasteiger partial charge >= 0.3 is 0 Å². The van der Waals surface area contributed by atoms with Crippen LogP contribution in [-0.2, 0) is 18.4 Å². The first-order valence-corrected chi connectivity index (χ1v) is 24.5. The van der Waals surface area contributed by atoms with E-state index in [1.807, 2.05) is 6.20 Å². The highest BCUT2D eigenvalue weighted by Crippen LogP contribution is 2.50. The summed E-state index contributed by atoms with van der Waals surface area (Å²) in [4.78, 5) is 15.1. The Balaban J connectivity index is 0.920. The number of imidazole rings is 1. The van der Waals surface area contributed by atoms with Crippen LogP contribution < -0.4 is 14.5 Å². The van der Waals surface area contributed by atoms with Crippen LogP contribution in [0.15, 0.2) is 200 Å². The molecule has 8 aromatic carbocycles. The lowest BCUT2D eigenvalue weighted by Gasteiger charge is -2.25. The van der Waals surface area contributed by atoms with Gasteiger partial charge in [-0.3, -0.25) is 4.57 Å². The predicted octanol–water partition coefficient (Wildman–Crippen LogP) is 16.2. The Morgan fingerprint density at radius 1 is 0.500 bits per heavy atom. The number of benzene rings is 8. The van der Waals surface area contributed by atoms with Gasteiger partial charge in [0.25, 0.3) is 0 Å². The molecule has 0 spiro atoms. The molecule has 0 N–H and O–H groups in total. The zero-order valence-electron chi connectivity index (χ0n) is 39.7. The van der Waals surface area contributed by atoms with Gasteiger partial charge in [0.15, 0.2) is 0 Å². The van der Waals surface area contributed by atoms with E-state index in [2.05, 4.69) is 234 Å². The van der Waals surface area contributed by atoms with Crippen LogP contribution in [-0.4, -0.2) is 25.8 Å². The summed E-state index contributed by atoms with van der Waals surface area (Å²) in [6.45, 7) is 8.32. The van der Waals surface area contributed by atoms with E-state index in [1.165, 1.54) is 62.1 Å². The zero-order valence-corrected chi connectivity index (χ0v) is 39.7. The highest BCUT2D eigenvalue weighted by Gasteiger charge is 2.32. The molecule has 0 saturated carbocycles. The van der Waals surface area contributed by atoms with Gasteiger partial charge in [0.05, 0.1) is 39.1 Å². The number of pyridine rings is 1. The van der Waals surface area contributed by atoms with Crippen molar-refractivity contribution in [2.45, 2.75) is 52.0 Å². The van der Waals surface area contributed by atoms with E-state index in [9.17, 15) is 0 Å². The van der Waals surface area contributed by atoms with Crippen molar-refractivity contribution in [3.8, 4) is 50.7 Å². The number of ether oxygens (including phenoxy) is 1. The summed E-state index contributed by atoms with van der Waals surface area (Å²) in [7, 11) is 0. The lowest BCUT2D eigenvalue weighted by Crippen LogP contribution is -2.24. The minimum absolute atomic E-state index is 0.0174. The van der Waals surface area contributed by atoms with Gasteiger partial charge in [0.1, 0.15) is 29.8 Å². The zero-order chi connectivity index (χ0) is 46.9. The first-order valence-electron chi connectivity index (χ1n) is 24.5. The van der Waals surface area contributed by atoms with Gasteiger partial charge in [0.2, 0.25) is 0 Å². The Hall–Kier alpha value is -8.42. The van der Waals surface area contributed by atoms with E-state index in [-0.39, 0.29) is 5.41 Å². The highest BCUT2D eigenvalue weighted by atomic mass is 16.5. The number of anilines is 4. The number of fused-ring (bicyclic) bond motifs is 7. The molecule has 2 aliphatic rings. The van der Waals surface area contributed by atoms with Crippen molar-refractivity contribution in [3.05, 3.63) is 212 Å². The number of para-hydroxylation sites is 1. The molecule has 0 atom stereocenters. The monoisotopic (exact) mass is 908 g/mol. The van der Waals surface area contributed by atoms with Crippen molar-refractivity contribution in [3.63, 3.8) is 0 Å². The molecular weight excluding hydrogens is 857 g/mol. The maximum absolute atomic E-state index is 6.87. The topological polar surface area (TPSA) is 51.4 Å². The van der Waals surface area contributed by atoms with Gasteiger partial charge in [-0.05, 0) is 124 Å². The number of rotatable bonds is 8. The molecule has 7 nitrogen and oxygen atoms in total. The van der Waals surface area contributed by atoms with Crippen LogP contribution in [0.5, 0.6) is 11.5 Å². The van der Waals surface area contributed by atoms with Crippen molar-refractivity contribution in [2.75, 3.05) is 16.5 Å². The largest absolute Gasteiger partial charge is 0.457 e. The second kappa shape index (κ2) is 16.7. The fraction of sp³-hybridized carbons (Fsp3) is 0.143. The van der Waals surface area contributed by atoms with Crippen molar-refractivity contribution in [2.24, 2.45) is 0 Å². The summed E-state index contributed by atoms with van der Waals surface area (Å²) in [6, 6.07) is 69.9. The van der Waals surface area contributed by atoms with Crippen molar-refractivity contribution in [1.29, 1.82) is 0 Å². The normalized spacial score (nSPS) is 13.6. The summed E-state index contributed by atoms with van der Waals surface area (Å²) in [5, 5.41) is 2.34. The summed E-state index contributed by atoms with van der Waals surface area (Å²) >= 11 is 0. The Morgan fingerprint density at radius 2 is 1.21 bits per heavy atom. The minimum Gasteiger partial charge on any atom is -0.457 e. The number of aryl methyl sites for hydroxylation is 2. The standard InChI is InChI=1S/C63H52N6O/c1-63(2,3)47-31-32-64-62(36-47)69-56-25-11-10-24-51(56)52-29-28-50(38-57(52)69)70-49-23-15-22-48(37-49)67-41-68(60-40-58-54(39-59(60)67)65-61-26-12-13-33-66(58)61)55-30-27-45(43-18-8-5-9-19-43)35-53(55)46-21-14-20-44(34-46)42-16-6-4-7-17-42/h4-11,14-25,27-32,34-40H,12-13,26,33,41H2,1-3H3. The molecule has 7 heteroatoms. The molecule has 13 rings (SSSR count). The number of hydrogen-bond donors (Lipinski definition) is 0. The van der Waals surface area contributed by atoms with Gasteiger partial charge in [-0.1, -0.05) is 130 Å². The molecule has 0 fully saturated rings. The van der Waals surface area contributed by atoms with Gasteiger partial charge < -0.3 is 19.1 Å². The highest BCUT2D eigenvalue weighted by molar-refractivity contribution is 6.09. The molecule has 340 valence electrons. The molecular formula is C63H52N6O. The average Bonchev–Trinajstić information content (AvgIpc) is 4.07. The summed E-state index contributed by atoms with van der Waals surface area (Å²) < 4.78 is 11.6. The van der Waals surface area contributed by atoms with E-state index in [0.717, 1.165) is 81.4 Å². The SMILES string of the molecule is CC(C)(C)c1ccnc(-n2c3ccccc3c3ccc(Oc4cccc(N5CN(c6ccc(-c7ccccc7)cc6-c6cccc(-c7ccccc7)c6)c6cc7c(cc65)nc5n7CCCC5)c4)cc32)c1. The molecule has 0 bridgehead atoms. The molecule has 2 aliphatic heterocycles. The van der Waals surface area contributed by atoms with Gasteiger partial charge in [-0.2, -0.15) is 0 Å². The Morgan fingerprint density at radius 3 is 2.04 bits per heavy atom. The Bertz CT molecular complexity index is 3790. The molecule has 0 unspecified atom stereocenters. The number of nitrogens with zero attached hydrogens (tertiary/aromatic N) is 6. The first kappa shape index (κ1) is 41.7. The summed E-state index contributed by atoms with van der Waals surface area (Å²) in [5.74, 6) is 3.59. The molecule has 70 heavy (non-hydrogen) atoms. The minimum atomic E-state index is -0.0174. The lowest BCUT2D eigenvalue weighted by atomic mass is 9.88. The maximum Gasteiger partial charge on any atom is 0.137 e. The fourth-order valence-corrected chi connectivity index (χ4v) is 10.8. The fourth-order valence-electron chi connectivity index (χ4n) is 10.8. The average molecular weight is 909 g/mol. The van der Waals surface area contributed by atoms with Crippen LogP contribution in [0.1, 0.15) is 45.0 Å². The smallest absolute Gasteiger partial charge is 0.137 e. The van der Waals surface area contributed by atoms with E-state index in [0.29, 0.717) is 6.67 Å². The second-order valence-corrected chi connectivity index (χ2v) is 19.8. The molecule has 11 aromatic rings. The van der Waals surface area contributed by atoms with E-state index < -0.39 is 0 Å². The molecule has 0 saturated heterocycles. The van der Waals surface area contributed by atoms with Gasteiger partial charge in [0, 0.05) is 53.3 Å². The van der Waals surface area contributed by atoms with Crippen LogP contribution in [0.2, 0.25) is 0 Å². The van der Waals surface area contributed by atoms with E-state index in [4.69, 9.17) is 14.7 Å². The summed E-state index contributed by atoms with van der Waals surface area (Å²) in [5.41, 5.74) is 17.2. The van der Waals surface area contributed by atoms with E-state index >= 15 is 0 Å². The van der Waals surface area contributed by atoms with Gasteiger partial charge in [-0.15, -0.1) is 0 Å². The van der Waals surface area contributed by atoms with Crippen LogP contribution in [0.4, 0.5) is 22.7 Å². The molecule has 0 radical (unpaired) electrons. The van der Waals surface area contributed by atoms with Crippen molar-refractivity contribution >= 4 is 55.6 Å². The third kappa shape index (κ3) is 7.28. The number of aromatic nitrogens is 4. The van der Waals surface area contributed by atoms with E-state index in [1.54, 1.807) is 0 Å². The Labute approximate surface area is 408 Å². The van der Waals surface area contributed by atoms with Crippen LogP contribution >= 0.6 is 0 Å². The van der Waals surface area contributed by atoms with Crippen molar-refractivity contribution < 1.29 is 4.74 Å². The summed E-state index contributed by atoms with van der Waals surface area (Å²) in [6.07, 6.45) is 5.26. The maximum atomic E-state index is 6.87. The first-order chi connectivity index (χ1) is 34.3. The Kier molecular flexibility index (Phi) is 9.94. The quantitative estimate of drug-likeness (QED) is 0.152. The molecule has 0 aliphatic carbocycles. The van der Waals surface area contributed by atoms with Crippen LogP contribution in [0.25, 0.3) is 72.0 Å². The third-order valence-electron chi connectivity index (χ3n) is 14.3. The van der Waals surface area contributed by atoms with Gasteiger partial charge in [-0.25, -0.2) is 9.97 Å². The molecule has 0 amide bonds. The van der Waals surface area contributed by atoms with Crippen molar-refractivity contribution in [1.82, 2.24) is 19.1 Å². The van der Waals surface area contributed by atoms with Crippen LogP contribution in [0, 0.1) is 0 Å². The third-order valence-corrected chi connectivity index (χ3v) is 14.3. The van der Waals surface area contributed by atoms with Crippen LogP contribution in [0.3, 0.4) is 0 Å². The molecule has 3 aromatic heterocycles. The second-order valence-electron chi connectivity index (χ2n) is 19.8. The lowest BCUT2D eigenvalue weighted by molar-refractivity contribution is 0.483. The number of hydrogen-bond acceptors (Lipinski definition) is 5. The predicted molar refractivity (Wildman–Crippen MR) is 288 cm³/mol. The molecule has 5 heterocycles.